The van der Waals surface area contributed by atoms with E-state index in [1.165, 1.54) is 16.7 Å². The van der Waals surface area contributed by atoms with Crippen molar-refractivity contribution in [3.05, 3.63) is 30.5 Å². The summed E-state index contributed by atoms with van der Waals surface area (Å²) in [5.41, 5.74) is 1.79. The lowest BCUT2D eigenvalue weighted by atomic mass is 9.96. The minimum atomic E-state index is -1.02. The molecule has 0 unspecified atom stereocenters. The second-order valence-corrected chi connectivity index (χ2v) is 9.01. The summed E-state index contributed by atoms with van der Waals surface area (Å²) in [6, 6.07) is 6.07. The lowest BCUT2D eigenvalue weighted by molar-refractivity contribution is -0.161. The van der Waals surface area contributed by atoms with Gasteiger partial charge in [0.2, 0.25) is 11.8 Å². The van der Waals surface area contributed by atoms with Gasteiger partial charge in [0.05, 0.1) is 6.54 Å². The number of carbonyl (C=O) groups is 3. The van der Waals surface area contributed by atoms with Gasteiger partial charge in [-0.3, -0.25) is 9.59 Å². The number of carboxylic acid groups (broad SMARTS) is 1. The standard InChI is InChI=1S/C18H20N4O4S/c1-18(2)14(17(25)26)22-15(24)13(16(22)27-18)21-12(23)8-20-11-5-3-4-10-9(11)6-7-19-10/h3-7,13-14,16,19-20H,8H2,1-2H3,(H,21,23)(H,25,26)/t13-,14+,16-/m1/s1. The maximum Gasteiger partial charge on any atom is 0.327 e. The number of carboxylic acids is 1. The van der Waals surface area contributed by atoms with Crippen LogP contribution >= 0.6 is 11.8 Å². The first-order valence-electron chi connectivity index (χ1n) is 8.62. The molecule has 27 heavy (non-hydrogen) atoms. The van der Waals surface area contributed by atoms with Crippen LogP contribution in [0.25, 0.3) is 10.9 Å². The minimum Gasteiger partial charge on any atom is -0.480 e. The molecule has 1 aromatic carbocycles. The van der Waals surface area contributed by atoms with E-state index in [2.05, 4.69) is 15.6 Å². The van der Waals surface area contributed by atoms with Gasteiger partial charge in [0.15, 0.2) is 0 Å². The summed E-state index contributed by atoms with van der Waals surface area (Å²) in [5, 5.41) is 15.9. The number of fused-ring (bicyclic) bond motifs is 2. The van der Waals surface area contributed by atoms with Crippen molar-refractivity contribution in [2.45, 2.75) is 36.1 Å². The second-order valence-electron chi connectivity index (χ2n) is 7.24. The molecule has 0 spiro atoms. The van der Waals surface area contributed by atoms with Gasteiger partial charge in [-0.1, -0.05) is 6.07 Å². The number of thioether (sulfide) groups is 1. The fourth-order valence-corrected chi connectivity index (χ4v) is 5.41. The lowest BCUT2D eigenvalue weighted by Gasteiger charge is -2.43. The Morgan fingerprint density at radius 3 is 2.85 bits per heavy atom. The van der Waals surface area contributed by atoms with Gasteiger partial charge < -0.3 is 25.6 Å². The Labute approximate surface area is 159 Å². The van der Waals surface area contributed by atoms with Crippen molar-refractivity contribution in [3.8, 4) is 0 Å². The van der Waals surface area contributed by atoms with E-state index in [4.69, 9.17) is 0 Å². The van der Waals surface area contributed by atoms with Crippen molar-refractivity contribution >= 4 is 46.1 Å². The Morgan fingerprint density at radius 1 is 1.33 bits per heavy atom. The minimum absolute atomic E-state index is 0.0250. The number of benzene rings is 1. The van der Waals surface area contributed by atoms with Gasteiger partial charge in [0.1, 0.15) is 17.5 Å². The third-order valence-electron chi connectivity index (χ3n) is 5.03. The van der Waals surface area contributed by atoms with E-state index < -0.39 is 22.8 Å². The van der Waals surface area contributed by atoms with Crippen LogP contribution in [0.3, 0.4) is 0 Å². The van der Waals surface area contributed by atoms with Crippen molar-refractivity contribution in [1.29, 1.82) is 0 Å². The predicted molar refractivity (Wildman–Crippen MR) is 102 cm³/mol. The maximum atomic E-state index is 12.4. The first-order valence-corrected chi connectivity index (χ1v) is 9.50. The van der Waals surface area contributed by atoms with Crippen molar-refractivity contribution in [3.63, 3.8) is 0 Å². The topological polar surface area (TPSA) is 115 Å². The number of hydrogen-bond acceptors (Lipinski definition) is 5. The molecule has 0 saturated carbocycles. The highest BCUT2D eigenvalue weighted by molar-refractivity contribution is 8.01. The molecule has 2 aromatic rings. The molecule has 4 rings (SSSR count). The summed E-state index contributed by atoms with van der Waals surface area (Å²) >= 11 is 1.41. The van der Waals surface area contributed by atoms with Crippen molar-refractivity contribution < 1.29 is 19.5 Å². The number of β-lactam (4-membered cyclic amide) rings is 1. The van der Waals surface area contributed by atoms with Crippen LogP contribution in [0.15, 0.2) is 30.5 Å². The van der Waals surface area contributed by atoms with Gasteiger partial charge in [0.25, 0.3) is 0 Å². The molecule has 0 aliphatic carbocycles. The van der Waals surface area contributed by atoms with Crippen LogP contribution in [0.5, 0.6) is 0 Å². The highest BCUT2D eigenvalue weighted by Gasteiger charge is 2.64. The van der Waals surface area contributed by atoms with Gasteiger partial charge in [-0.25, -0.2) is 4.79 Å². The number of nitrogens with zero attached hydrogens (tertiary/aromatic N) is 1. The van der Waals surface area contributed by atoms with Crippen LogP contribution in [0.4, 0.5) is 5.69 Å². The SMILES string of the molecule is CC1(C)S[C@@H]2[C@H](NC(=O)CNc3cccc4[nH]ccc34)C(=O)N2[C@H]1C(=O)O. The third kappa shape index (κ3) is 2.82. The molecule has 2 aliphatic rings. The van der Waals surface area contributed by atoms with E-state index in [1.54, 1.807) is 13.8 Å². The largest absolute Gasteiger partial charge is 0.480 e. The van der Waals surface area contributed by atoms with Crippen LogP contribution in [-0.4, -0.2) is 61.5 Å². The fourth-order valence-electron chi connectivity index (χ4n) is 3.78. The second kappa shape index (κ2) is 6.19. The van der Waals surface area contributed by atoms with E-state index in [-0.39, 0.29) is 23.7 Å². The summed E-state index contributed by atoms with van der Waals surface area (Å²) in [6.45, 7) is 3.64. The van der Waals surface area contributed by atoms with Gasteiger partial charge in [-0.15, -0.1) is 11.8 Å². The Morgan fingerprint density at radius 2 is 2.11 bits per heavy atom. The fraction of sp³-hybridized carbons (Fsp3) is 0.389. The number of anilines is 1. The number of aromatic amines is 1. The van der Waals surface area contributed by atoms with E-state index >= 15 is 0 Å². The number of hydrogen-bond donors (Lipinski definition) is 4. The van der Waals surface area contributed by atoms with Crippen LogP contribution in [0, 0.1) is 0 Å². The van der Waals surface area contributed by atoms with Gasteiger partial charge in [-0.05, 0) is 32.0 Å². The Kier molecular flexibility index (Phi) is 4.06. The molecular weight excluding hydrogens is 368 g/mol. The molecule has 0 radical (unpaired) electrons. The zero-order valence-electron chi connectivity index (χ0n) is 14.9. The molecule has 1 aromatic heterocycles. The molecule has 2 aliphatic heterocycles. The van der Waals surface area contributed by atoms with Crippen LogP contribution in [0.1, 0.15) is 13.8 Å². The molecule has 2 amide bonds. The Balaban J connectivity index is 1.39. The van der Waals surface area contributed by atoms with E-state index in [1.807, 2.05) is 30.5 Å². The molecule has 8 nitrogen and oxygen atoms in total. The van der Waals surface area contributed by atoms with E-state index in [9.17, 15) is 19.5 Å². The molecule has 3 heterocycles. The van der Waals surface area contributed by atoms with Crippen molar-refractivity contribution in [2.75, 3.05) is 11.9 Å². The predicted octanol–water partition coefficient (Wildman–Crippen LogP) is 1.21. The molecule has 4 N–H and O–H groups in total. The molecule has 0 bridgehead atoms. The van der Waals surface area contributed by atoms with Gasteiger partial charge in [0, 0.05) is 27.5 Å². The summed E-state index contributed by atoms with van der Waals surface area (Å²) in [4.78, 5) is 40.7. The number of aliphatic carboxylic acids is 1. The molecule has 2 saturated heterocycles. The number of nitrogens with one attached hydrogen (secondary N) is 3. The van der Waals surface area contributed by atoms with Crippen molar-refractivity contribution in [2.24, 2.45) is 0 Å². The van der Waals surface area contributed by atoms with Crippen LogP contribution < -0.4 is 10.6 Å². The average molecular weight is 388 g/mol. The molecule has 3 atom stereocenters. The van der Waals surface area contributed by atoms with Crippen LogP contribution in [-0.2, 0) is 14.4 Å². The molecular formula is C18H20N4O4S. The smallest absolute Gasteiger partial charge is 0.327 e. The monoisotopic (exact) mass is 388 g/mol. The molecule has 9 heteroatoms. The van der Waals surface area contributed by atoms with Gasteiger partial charge >= 0.3 is 5.97 Å². The molecule has 142 valence electrons. The normalized spacial score (nSPS) is 25.8. The van der Waals surface area contributed by atoms with Gasteiger partial charge in [-0.2, -0.15) is 0 Å². The highest BCUT2D eigenvalue weighted by atomic mass is 32.2. The highest BCUT2D eigenvalue weighted by Crippen LogP contribution is 2.50. The summed E-state index contributed by atoms with van der Waals surface area (Å²) in [7, 11) is 0. The maximum absolute atomic E-state index is 12.4. The molecule has 2 fully saturated rings. The number of H-pyrrole nitrogens is 1. The van der Waals surface area contributed by atoms with Crippen LogP contribution in [0.2, 0.25) is 0 Å². The number of aromatic nitrogens is 1. The first kappa shape index (κ1) is 17.7. The summed E-state index contributed by atoms with van der Waals surface area (Å²) in [6.07, 6.45) is 1.83. The Bertz CT molecular complexity index is 940. The zero-order chi connectivity index (χ0) is 19.3. The van der Waals surface area contributed by atoms with E-state index in [0.29, 0.717) is 0 Å². The quantitative estimate of drug-likeness (QED) is 0.573. The van der Waals surface area contributed by atoms with Crippen molar-refractivity contribution in [1.82, 2.24) is 15.2 Å². The number of amides is 2. The summed E-state index contributed by atoms with van der Waals surface area (Å²) in [5.74, 6) is -1.67. The average Bonchev–Trinajstić information content (AvgIpc) is 3.18. The third-order valence-corrected chi connectivity index (χ3v) is 6.60. The lowest BCUT2D eigenvalue weighted by Crippen LogP contribution is -2.70. The number of rotatable bonds is 5. The first-order chi connectivity index (χ1) is 12.8. The zero-order valence-corrected chi connectivity index (χ0v) is 15.7. The van der Waals surface area contributed by atoms with E-state index in [0.717, 1.165) is 16.6 Å². The Hall–Kier alpha value is -2.68. The number of carbonyl (C=O) groups excluding carboxylic acids is 2. The summed E-state index contributed by atoms with van der Waals surface area (Å²) < 4.78 is -0.603.